The lowest BCUT2D eigenvalue weighted by Crippen LogP contribution is -2.12. The van der Waals surface area contributed by atoms with Gasteiger partial charge in [0.25, 0.3) is 0 Å². The van der Waals surface area contributed by atoms with Crippen LogP contribution < -0.4 is 11.1 Å². The standard InChI is InChI=1S/C8H9ClN2OS/c9-6-3-5(1-2-7(6)10)11-8(12)4-13/h1-3,13H,4,10H2,(H,11,12). The molecule has 0 aromatic heterocycles. The molecular weight excluding hydrogens is 208 g/mol. The average Bonchev–Trinajstić information content (AvgIpc) is 2.11. The van der Waals surface area contributed by atoms with Crippen LogP contribution >= 0.6 is 24.2 Å². The predicted octanol–water partition coefficient (Wildman–Crippen LogP) is 1.79. The van der Waals surface area contributed by atoms with Crippen LogP contribution in [0.1, 0.15) is 0 Å². The number of hydrogen-bond acceptors (Lipinski definition) is 3. The van der Waals surface area contributed by atoms with E-state index in [0.29, 0.717) is 16.4 Å². The first-order valence-corrected chi connectivity index (χ1v) is 4.60. The van der Waals surface area contributed by atoms with Crippen LogP contribution in [0.2, 0.25) is 5.02 Å². The fourth-order valence-electron chi connectivity index (χ4n) is 0.805. The molecule has 0 radical (unpaired) electrons. The van der Waals surface area contributed by atoms with E-state index in [2.05, 4.69) is 17.9 Å². The molecule has 0 saturated heterocycles. The van der Waals surface area contributed by atoms with Crippen LogP contribution in [0.3, 0.4) is 0 Å². The molecule has 1 amide bonds. The number of hydrogen-bond donors (Lipinski definition) is 3. The molecule has 0 unspecified atom stereocenters. The Morgan fingerprint density at radius 2 is 2.31 bits per heavy atom. The van der Waals surface area contributed by atoms with Crippen LogP contribution in [-0.4, -0.2) is 11.7 Å². The average molecular weight is 217 g/mol. The molecule has 5 heteroatoms. The van der Waals surface area contributed by atoms with Crippen molar-refractivity contribution in [3.63, 3.8) is 0 Å². The fraction of sp³-hybridized carbons (Fsp3) is 0.125. The molecule has 1 aromatic rings. The summed E-state index contributed by atoms with van der Waals surface area (Å²) in [5.41, 5.74) is 6.61. The SMILES string of the molecule is Nc1ccc(NC(=O)CS)cc1Cl. The van der Waals surface area contributed by atoms with Crippen LogP contribution in [0, 0.1) is 0 Å². The van der Waals surface area contributed by atoms with Crippen LogP contribution in [0.4, 0.5) is 11.4 Å². The molecule has 0 aliphatic carbocycles. The summed E-state index contributed by atoms with van der Waals surface area (Å²) in [7, 11) is 0. The van der Waals surface area contributed by atoms with Gasteiger partial charge in [-0.3, -0.25) is 4.79 Å². The molecule has 3 N–H and O–H groups in total. The molecule has 70 valence electrons. The third kappa shape index (κ3) is 2.82. The first-order chi connectivity index (χ1) is 6.13. The Bertz CT molecular complexity index is 330. The summed E-state index contributed by atoms with van der Waals surface area (Å²) in [6.45, 7) is 0. The van der Waals surface area contributed by atoms with Crippen LogP contribution in [0.5, 0.6) is 0 Å². The number of carbonyl (C=O) groups excluding carboxylic acids is 1. The second-order valence-electron chi connectivity index (χ2n) is 2.44. The highest BCUT2D eigenvalue weighted by Gasteiger charge is 2.01. The number of nitrogen functional groups attached to an aromatic ring is 1. The van der Waals surface area contributed by atoms with Gasteiger partial charge < -0.3 is 11.1 Å². The Morgan fingerprint density at radius 1 is 1.62 bits per heavy atom. The van der Waals surface area contributed by atoms with Crippen molar-refractivity contribution in [2.45, 2.75) is 0 Å². The van der Waals surface area contributed by atoms with Gasteiger partial charge in [0.15, 0.2) is 0 Å². The molecule has 0 saturated carbocycles. The summed E-state index contributed by atoms with van der Waals surface area (Å²) in [6, 6.07) is 4.91. The molecule has 0 spiro atoms. The number of halogens is 1. The molecule has 13 heavy (non-hydrogen) atoms. The van der Waals surface area contributed by atoms with E-state index < -0.39 is 0 Å². The number of benzene rings is 1. The Labute approximate surface area is 86.7 Å². The lowest BCUT2D eigenvalue weighted by atomic mass is 10.3. The highest BCUT2D eigenvalue weighted by molar-refractivity contribution is 7.81. The van der Waals surface area contributed by atoms with E-state index in [9.17, 15) is 4.79 Å². The smallest absolute Gasteiger partial charge is 0.234 e. The van der Waals surface area contributed by atoms with Gasteiger partial charge in [-0.15, -0.1) is 0 Å². The predicted molar refractivity (Wildman–Crippen MR) is 58.3 cm³/mol. The molecular formula is C8H9ClN2OS. The number of nitrogens with one attached hydrogen (secondary N) is 1. The summed E-state index contributed by atoms with van der Waals surface area (Å²) >= 11 is 9.57. The molecule has 3 nitrogen and oxygen atoms in total. The van der Waals surface area contributed by atoms with E-state index in [1.54, 1.807) is 18.2 Å². The van der Waals surface area contributed by atoms with E-state index in [0.717, 1.165) is 0 Å². The largest absolute Gasteiger partial charge is 0.398 e. The number of anilines is 2. The minimum atomic E-state index is -0.177. The fourth-order valence-corrected chi connectivity index (χ4v) is 1.07. The third-order valence-corrected chi connectivity index (χ3v) is 2.04. The van der Waals surface area contributed by atoms with E-state index in [1.165, 1.54) is 0 Å². The zero-order valence-electron chi connectivity index (χ0n) is 6.75. The lowest BCUT2D eigenvalue weighted by molar-refractivity contribution is -0.113. The third-order valence-electron chi connectivity index (χ3n) is 1.43. The van der Waals surface area contributed by atoms with Crippen LogP contribution in [0.15, 0.2) is 18.2 Å². The van der Waals surface area contributed by atoms with E-state index in [-0.39, 0.29) is 11.7 Å². The summed E-state index contributed by atoms with van der Waals surface area (Å²) in [5, 5.41) is 3.03. The minimum Gasteiger partial charge on any atom is -0.398 e. The minimum absolute atomic E-state index is 0.141. The molecule has 0 aliphatic rings. The van der Waals surface area contributed by atoms with Gasteiger partial charge in [-0.05, 0) is 18.2 Å². The quantitative estimate of drug-likeness (QED) is 0.522. The zero-order chi connectivity index (χ0) is 9.84. The highest BCUT2D eigenvalue weighted by Crippen LogP contribution is 2.22. The maximum atomic E-state index is 10.9. The Kier molecular flexibility index (Phi) is 3.45. The van der Waals surface area contributed by atoms with Crippen molar-refractivity contribution in [3.05, 3.63) is 23.2 Å². The summed E-state index contributed by atoms with van der Waals surface area (Å²) < 4.78 is 0. The second-order valence-corrected chi connectivity index (χ2v) is 3.17. The van der Waals surface area contributed by atoms with E-state index in [1.807, 2.05) is 0 Å². The molecule has 1 aromatic carbocycles. The first-order valence-electron chi connectivity index (χ1n) is 3.59. The van der Waals surface area contributed by atoms with Gasteiger partial charge in [0.05, 0.1) is 16.5 Å². The molecule has 0 atom stereocenters. The van der Waals surface area contributed by atoms with Gasteiger partial charge in [0.2, 0.25) is 5.91 Å². The normalized spacial score (nSPS) is 9.69. The Balaban J connectivity index is 2.79. The highest BCUT2D eigenvalue weighted by atomic mass is 35.5. The first kappa shape index (κ1) is 10.2. The number of thiol groups is 1. The monoisotopic (exact) mass is 216 g/mol. The van der Waals surface area contributed by atoms with Gasteiger partial charge in [-0.1, -0.05) is 11.6 Å². The van der Waals surface area contributed by atoms with Crippen molar-refractivity contribution in [2.75, 3.05) is 16.8 Å². The molecule has 0 fully saturated rings. The van der Waals surface area contributed by atoms with Crippen molar-refractivity contribution < 1.29 is 4.79 Å². The number of amides is 1. The second kappa shape index (κ2) is 4.39. The maximum absolute atomic E-state index is 10.9. The number of rotatable bonds is 2. The van der Waals surface area contributed by atoms with Crippen molar-refractivity contribution in [3.8, 4) is 0 Å². The Hall–Kier alpha value is -0.870. The van der Waals surface area contributed by atoms with Crippen LogP contribution in [-0.2, 0) is 4.79 Å². The number of carbonyl (C=O) groups is 1. The molecule has 0 bridgehead atoms. The van der Waals surface area contributed by atoms with E-state index >= 15 is 0 Å². The summed E-state index contributed by atoms with van der Waals surface area (Å²) in [4.78, 5) is 10.9. The summed E-state index contributed by atoms with van der Waals surface area (Å²) in [6.07, 6.45) is 0. The topological polar surface area (TPSA) is 55.1 Å². The lowest BCUT2D eigenvalue weighted by Gasteiger charge is -2.04. The maximum Gasteiger partial charge on any atom is 0.234 e. The molecule has 0 aliphatic heterocycles. The van der Waals surface area contributed by atoms with Gasteiger partial charge >= 0.3 is 0 Å². The van der Waals surface area contributed by atoms with E-state index in [4.69, 9.17) is 17.3 Å². The Morgan fingerprint density at radius 3 is 2.85 bits per heavy atom. The van der Waals surface area contributed by atoms with Gasteiger partial charge in [-0.25, -0.2) is 0 Å². The van der Waals surface area contributed by atoms with Crippen molar-refractivity contribution in [1.29, 1.82) is 0 Å². The van der Waals surface area contributed by atoms with Crippen LogP contribution in [0.25, 0.3) is 0 Å². The van der Waals surface area contributed by atoms with Gasteiger partial charge in [0, 0.05) is 5.69 Å². The summed E-state index contributed by atoms with van der Waals surface area (Å²) in [5.74, 6) is -0.0358. The van der Waals surface area contributed by atoms with Crippen molar-refractivity contribution >= 4 is 41.5 Å². The van der Waals surface area contributed by atoms with Crippen molar-refractivity contribution in [1.82, 2.24) is 0 Å². The van der Waals surface area contributed by atoms with Gasteiger partial charge in [0.1, 0.15) is 0 Å². The zero-order valence-corrected chi connectivity index (χ0v) is 8.40. The van der Waals surface area contributed by atoms with Gasteiger partial charge in [-0.2, -0.15) is 12.6 Å². The molecule has 0 heterocycles. The molecule has 1 rings (SSSR count). The van der Waals surface area contributed by atoms with Crippen molar-refractivity contribution in [2.24, 2.45) is 0 Å². The number of nitrogens with two attached hydrogens (primary N) is 1.